The van der Waals surface area contributed by atoms with Crippen LogP contribution < -0.4 is 16.2 Å². The Balaban J connectivity index is 1.64. The smallest absolute Gasteiger partial charge is 0.250 e. The van der Waals surface area contributed by atoms with Crippen LogP contribution >= 0.6 is 0 Å². The molecule has 0 spiro atoms. The fourth-order valence-electron chi connectivity index (χ4n) is 3.01. The third-order valence-electron chi connectivity index (χ3n) is 4.51. The van der Waals surface area contributed by atoms with E-state index in [1.807, 2.05) is 13.0 Å². The maximum Gasteiger partial charge on any atom is 0.250 e. The SMILES string of the molecule is Cc1ccc(NC(=O)C2CNCCN2C(=O)CCn2ccccc2=O)cn1. The Morgan fingerprint density at radius 1 is 1.30 bits per heavy atom. The Morgan fingerprint density at radius 3 is 2.89 bits per heavy atom. The van der Waals surface area contributed by atoms with Crippen molar-refractivity contribution in [1.29, 1.82) is 0 Å². The van der Waals surface area contributed by atoms with E-state index in [-0.39, 0.29) is 23.8 Å². The largest absolute Gasteiger partial charge is 0.328 e. The highest BCUT2D eigenvalue weighted by atomic mass is 16.2. The normalized spacial score (nSPS) is 16.8. The van der Waals surface area contributed by atoms with Gasteiger partial charge in [0.05, 0.1) is 11.9 Å². The van der Waals surface area contributed by atoms with E-state index in [1.165, 1.54) is 10.6 Å². The number of hydrogen-bond donors (Lipinski definition) is 2. The lowest BCUT2D eigenvalue weighted by molar-refractivity contribution is -0.139. The van der Waals surface area contributed by atoms with Crippen molar-refractivity contribution in [2.45, 2.75) is 25.9 Å². The van der Waals surface area contributed by atoms with Crippen LogP contribution in [0.5, 0.6) is 0 Å². The molecule has 0 bridgehead atoms. The number of aromatic nitrogens is 2. The van der Waals surface area contributed by atoms with E-state index >= 15 is 0 Å². The lowest BCUT2D eigenvalue weighted by atomic mass is 10.1. The molecule has 27 heavy (non-hydrogen) atoms. The Hall–Kier alpha value is -3.00. The van der Waals surface area contributed by atoms with E-state index in [9.17, 15) is 14.4 Å². The molecule has 0 radical (unpaired) electrons. The van der Waals surface area contributed by atoms with Crippen LogP contribution in [0.2, 0.25) is 0 Å². The fraction of sp³-hybridized carbons (Fsp3) is 0.368. The van der Waals surface area contributed by atoms with Gasteiger partial charge in [0.25, 0.3) is 5.56 Å². The van der Waals surface area contributed by atoms with Crippen LogP contribution in [0.15, 0.2) is 47.5 Å². The van der Waals surface area contributed by atoms with Gasteiger partial charge in [-0.3, -0.25) is 19.4 Å². The van der Waals surface area contributed by atoms with Crippen molar-refractivity contribution in [1.82, 2.24) is 19.8 Å². The van der Waals surface area contributed by atoms with Crippen LogP contribution in [0, 0.1) is 6.92 Å². The molecule has 1 aliphatic heterocycles. The van der Waals surface area contributed by atoms with Crippen LogP contribution in [0.3, 0.4) is 0 Å². The van der Waals surface area contributed by atoms with E-state index in [2.05, 4.69) is 15.6 Å². The average molecular weight is 369 g/mol. The first-order chi connectivity index (χ1) is 13.0. The summed E-state index contributed by atoms with van der Waals surface area (Å²) in [5, 5.41) is 5.97. The summed E-state index contributed by atoms with van der Waals surface area (Å²) in [5.74, 6) is -0.396. The zero-order valence-corrected chi connectivity index (χ0v) is 15.2. The van der Waals surface area contributed by atoms with Gasteiger partial charge < -0.3 is 20.1 Å². The minimum absolute atomic E-state index is 0.144. The summed E-state index contributed by atoms with van der Waals surface area (Å²) in [7, 11) is 0. The summed E-state index contributed by atoms with van der Waals surface area (Å²) < 4.78 is 1.49. The topological polar surface area (TPSA) is 96.3 Å². The lowest BCUT2D eigenvalue weighted by Gasteiger charge is -2.35. The van der Waals surface area contributed by atoms with Crippen molar-refractivity contribution >= 4 is 17.5 Å². The summed E-state index contributed by atoms with van der Waals surface area (Å²) in [6.07, 6.45) is 3.42. The van der Waals surface area contributed by atoms with Gasteiger partial charge in [-0.15, -0.1) is 0 Å². The van der Waals surface area contributed by atoms with Gasteiger partial charge in [-0.2, -0.15) is 0 Å². The molecule has 3 rings (SSSR count). The van der Waals surface area contributed by atoms with E-state index in [0.29, 0.717) is 31.9 Å². The number of rotatable bonds is 5. The second-order valence-electron chi connectivity index (χ2n) is 6.47. The number of pyridine rings is 2. The van der Waals surface area contributed by atoms with E-state index in [0.717, 1.165) is 5.69 Å². The third kappa shape index (κ3) is 4.79. The molecule has 2 aromatic rings. The van der Waals surface area contributed by atoms with Crippen LogP contribution in [-0.2, 0) is 16.1 Å². The van der Waals surface area contributed by atoms with Crippen molar-refractivity contribution in [2.24, 2.45) is 0 Å². The molecule has 0 aromatic carbocycles. The molecule has 1 atom stereocenters. The maximum absolute atomic E-state index is 12.7. The maximum atomic E-state index is 12.7. The molecule has 1 fully saturated rings. The zero-order valence-electron chi connectivity index (χ0n) is 15.2. The van der Waals surface area contributed by atoms with E-state index < -0.39 is 6.04 Å². The minimum atomic E-state index is -0.597. The van der Waals surface area contributed by atoms with Crippen molar-refractivity contribution in [3.8, 4) is 0 Å². The number of piperazine rings is 1. The number of carbonyl (C=O) groups is 2. The molecule has 0 aliphatic carbocycles. The molecule has 142 valence electrons. The van der Waals surface area contributed by atoms with Gasteiger partial charge in [-0.05, 0) is 25.1 Å². The minimum Gasteiger partial charge on any atom is -0.328 e. The number of hydrogen-bond acceptors (Lipinski definition) is 5. The number of nitrogens with one attached hydrogen (secondary N) is 2. The molecule has 1 saturated heterocycles. The average Bonchev–Trinajstić information content (AvgIpc) is 2.69. The number of amides is 2. The van der Waals surface area contributed by atoms with Gasteiger partial charge in [0.15, 0.2) is 0 Å². The van der Waals surface area contributed by atoms with Crippen molar-refractivity contribution in [3.63, 3.8) is 0 Å². The predicted molar refractivity (Wildman–Crippen MR) is 101 cm³/mol. The molecule has 3 heterocycles. The molecular weight excluding hydrogens is 346 g/mol. The van der Waals surface area contributed by atoms with Crippen LogP contribution in [-0.4, -0.2) is 51.9 Å². The highest BCUT2D eigenvalue weighted by molar-refractivity contribution is 5.97. The summed E-state index contributed by atoms with van der Waals surface area (Å²) in [5.41, 5.74) is 1.31. The zero-order chi connectivity index (χ0) is 19.2. The molecule has 2 amide bonds. The Kier molecular flexibility index (Phi) is 5.97. The molecular formula is C19H23N5O3. The summed E-state index contributed by atoms with van der Waals surface area (Å²) in [4.78, 5) is 42.9. The number of anilines is 1. The molecule has 1 unspecified atom stereocenters. The summed E-state index contributed by atoms with van der Waals surface area (Å²) in [6.45, 7) is 3.63. The van der Waals surface area contributed by atoms with Gasteiger partial charge in [0.2, 0.25) is 11.8 Å². The lowest BCUT2D eigenvalue weighted by Crippen LogP contribution is -2.58. The molecule has 0 saturated carbocycles. The highest BCUT2D eigenvalue weighted by Crippen LogP contribution is 2.11. The van der Waals surface area contributed by atoms with Gasteiger partial charge in [-0.25, -0.2) is 0 Å². The van der Waals surface area contributed by atoms with Gasteiger partial charge in [-0.1, -0.05) is 6.07 Å². The van der Waals surface area contributed by atoms with Crippen LogP contribution in [0.25, 0.3) is 0 Å². The van der Waals surface area contributed by atoms with Gasteiger partial charge in [0, 0.05) is 50.6 Å². The monoisotopic (exact) mass is 369 g/mol. The second kappa shape index (κ2) is 8.59. The molecule has 8 nitrogen and oxygen atoms in total. The predicted octanol–water partition coefficient (Wildman–Crippen LogP) is 0.381. The van der Waals surface area contributed by atoms with E-state index in [1.54, 1.807) is 35.5 Å². The quantitative estimate of drug-likeness (QED) is 0.794. The Labute approximate surface area is 157 Å². The third-order valence-corrected chi connectivity index (χ3v) is 4.51. The standard InChI is InChI=1S/C19H23N5O3/c1-14-5-6-15(12-21-14)22-19(27)16-13-20-8-11-24(16)18(26)7-10-23-9-3-2-4-17(23)25/h2-6,9,12,16,20H,7-8,10-11,13H2,1H3,(H,22,27). The Morgan fingerprint density at radius 2 is 2.15 bits per heavy atom. The van der Waals surface area contributed by atoms with E-state index in [4.69, 9.17) is 0 Å². The summed E-state index contributed by atoms with van der Waals surface area (Å²) in [6, 6.07) is 7.88. The second-order valence-corrected chi connectivity index (χ2v) is 6.47. The van der Waals surface area contributed by atoms with Crippen molar-refractivity contribution < 1.29 is 9.59 Å². The Bertz CT molecular complexity index is 862. The van der Waals surface area contributed by atoms with Gasteiger partial charge >= 0.3 is 0 Å². The van der Waals surface area contributed by atoms with Crippen LogP contribution in [0.1, 0.15) is 12.1 Å². The number of nitrogens with zero attached hydrogens (tertiary/aromatic N) is 3. The fourth-order valence-corrected chi connectivity index (χ4v) is 3.01. The first kappa shape index (κ1) is 18.8. The van der Waals surface area contributed by atoms with Crippen LogP contribution in [0.4, 0.5) is 5.69 Å². The molecule has 2 aromatic heterocycles. The number of aryl methyl sites for hydroxylation is 2. The number of carbonyl (C=O) groups excluding carboxylic acids is 2. The molecule has 8 heteroatoms. The highest BCUT2D eigenvalue weighted by Gasteiger charge is 2.31. The van der Waals surface area contributed by atoms with Crippen molar-refractivity contribution in [3.05, 3.63) is 58.8 Å². The molecule has 1 aliphatic rings. The first-order valence-corrected chi connectivity index (χ1v) is 8.94. The molecule has 2 N–H and O–H groups in total. The van der Waals surface area contributed by atoms with Gasteiger partial charge in [0.1, 0.15) is 6.04 Å². The summed E-state index contributed by atoms with van der Waals surface area (Å²) >= 11 is 0. The first-order valence-electron chi connectivity index (χ1n) is 8.94. The van der Waals surface area contributed by atoms with Crippen molar-refractivity contribution in [2.75, 3.05) is 25.0 Å².